The van der Waals surface area contributed by atoms with Crippen molar-refractivity contribution >= 4 is 67.7 Å². The van der Waals surface area contributed by atoms with Gasteiger partial charge in [0.05, 0.1) is 27.6 Å². The predicted octanol–water partition coefficient (Wildman–Crippen LogP) is 3.08. The third kappa shape index (κ3) is 12.5. The van der Waals surface area contributed by atoms with Crippen LogP contribution in [0.2, 0.25) is 0 Å². The van der Waals surface area contributed by atoms with Crippen LogP contribution >= 0.6 is 56.6 Å². The summed E-state index contributed by atoms with van der Waals surface area (Å²) in [4.78, 5) is 7.62. The number of thiazole rings is 1. The van der Waals surface area contributed by atoms with Crippen LogP contribution in [0.25, 0.3) is 0 Å². The molecule has 0 atom stereocenters. The van der Waals surface area contributed by atoms with Gasteiger partial charge in [-0.15, -0.1) is 28.2 Å². The lowest BCUT2D eigenvalue weighted by molar-refractivity contribution is 0.881. The van der Waals surface area contributed by atoms with Crippen molar-refractivity contribution in [3.63, 3.8) is 0 Å². The molecule has 0 amide bonds. The van der Waals surface area contributed by atoms with Gasteiger partial charge in [0.15, 0.2) is 0 Å². The molecule has 12 heteroatoms. The first-order chi connectivity index (χ1) is 10.0. The van der Waals surface area contributed by atoms with Crippen molar-refractivity contribution in [3.8, 4) is 0 Å². The first-order valence-corrected chi connectivity index (χ1v) is 10.3. The van der Waals surface area contributed by atoms with E-state index in [1.807, 2.05) is 16.5 Å². The second kappa shape index (κ2) is 14.8. The Kier molecular flexibility index (Phi) is 13.0. The molecule has 0 unspecified atom stereocenters. The quantitative estimate of drug-likeness (QED) is 0.562. The van der Waals surface area contributed by atoms with Gasteiger partial charge in [-0.3, -0.25) is 9.98 Å². The molecule has 4 heterocycles. The normalized spacial score (nSPS) is 14.4. The molecule has 0 radical (unpaired) electrons. The van der Waals surface area contributed by atoms with Gasteiger partial charge in [0.1, 0.15) is 6.33 Å². The van der Waals surface area contributed by atoms with E-state index >= 15 is 0 Å². The molecule has 7 nitrogen and oxygen atoms in total. The number of H-pyrrole nitrogens is 1. The number of thioether (sulfide) groups is 1. The monoisotopic (exact) mass is 365 g/mol. The van der Waals surface area contributed by atoms with Gasteiger partial charge < -0.3 is 0 Å². The zero-order valence-electron chi connectivity index (χ0n) is 10.1. The summed E-state index contributed by atoms with van der Waals surface area (Å²) in [7, 11) is 3.47. The summed E-state index contributed by atoms with van der Waals surface area (Å²) in [6.45, 7) is 0. The van der Waals surface area contributed by atoms with Crippen molar-refractivity contribution in [3.05, 3.63) is 23.4 Å². The van der Waals surface area contributed by atoms with E-state index in [0.717, 1.165) is 11.0 Å². The van der Waals surface area contributed by atoms with Crippen LogP contribution in [-0.2, 0) is 0 Å². The summed E-state index contributed by atoms with van der Waals surface area (Å²) < 4.78 is 3.84. The summed E-state index contributed by atoms with van der Waals surface area (Å²) in [6.07, 6.45) is 3.17. The molecular weight excluding hydrogens is 354 g/mol. The van der Waals surface area contributed by atoms with Crippen LogP contribution in [0.4, 0.5) is 0 Å². The Morgan fingerprint density at radius 2 is 2.20 bits per heavy atom. The maximum atomic E-state index is 3.88. The molecular formula is C8H11N7S5. The molecule has 108 valence electrons. The molecule has 20 heavy (non-hydrogen) atoms. The number of tetrazole rings is 1. The average Bonchev–Trinajstić information content (AvgIpc) is 3.40. The minimum atomic E-state index is 0.949. The summed E-state index contributed by atoms with van der Waals surface area (Å²) in [5, 5.41) is 15.1. The molecule has 1 N–H and O–H groups in total. The minimum Gasteiger partial charge on any atom is -0.274 e. The number of nitrogens with one attached hydrogen (secondary N) is 1. The Labute approximate surface area is 136 Å². The van der Waals surface area contributed by atoms with E-state index in [2.05, 4.69) is 35.0 Å². The van der Waals surface area contributed by atoms with Crippen LogP contribution < -0.4 is 0 Å². The second-order valence-electron chi connectivity index (χ2n) is 2.49. The highest BCUT2D eigenvalue weighted by atomic mass is 33.1. The fraction of sp³-hybridized carbons (Fsp3) is 0.250. The molecule has 0 fully saturated rings. The second-order valence-corrected chi connectivity index (χ2v) is 7.39. The third-order valence-corrected chi connectivity index (χ3v) is 4.98. The SMILES string of the molecule is C1=NCSS1.C1=NSCS1.c1cscn1.c1nnn[nH]1. The van der Waals surface area contributed by atoms with Gasteiger partial charge >= 0.3 is 0 Å². The molecule has 4 rings (SSSR count). The van der Waals surface area contributed by atoms with Crippen molar-refractivity contribution in [2.75, 3.05) is 11.0 Å². The number of aliphatic imine (C=N–C) groups is 1. The number of hydrogen-bond donors (Lipinski definition) is 1. The number of nitrogens with zero attached hydrogens (tertiary/aromatic N) is 6. The molecule has 0 aliphatic carbocycles. The molecule has 0 bridgehead atoms. The summed E-state index contributed by atoms with van der Waals surface area (Å²) >= 11 is 4.95. The van der Waals surface area contributed by atoms with Gasteiger partial charge in [0.25, 0.3) is 0 Å². The molecule has 0 saturated heterocycles. The number of aromatic nitrogens is 5. The Balaban J connectivity index is 0.000000133. The number of hydrogen-bond acceptors (Lipinski definition) is 11. The van der Waals surface area contributed by atoms with Crippen LogP contribution in [-0.4, -0.2) is 47.7 Å². The van der Waals surface area contributed by atoms with Gasteiger partial charge in [-0.2, -0.15) is 0 Å². The molecule has 2 aliphatic heterocycles. The largest absolute Gasteiger partial charge is 0.274 e. The van der Waals surface area contributed by atoms with E-state index in [1.165, 1.54) is 6.33 Å². The van der Waals surface area contributed by atoms with Crippen LogP contribution in [0.5, 0.6) is 0 Å². The lowest BCUT2D eigenvalue weighted by Crippen LogP contribution is -1.64. The molecule has 0 spiro atoms. The Morgan fingerprint density at radius 3 is 2.40 bits per heavy atom. The Hall–Kier alpha value is -0.560. The lowest BCUT2D eigenvalue weighted by Gasteiger charge is -1.67. The maximum absolute atomic E-state index is 3.88. The van der Waals surface area contributed by atoms with E-state index in [4.69, 9.17) is 0 Å². The fourth-order valence-corrected chi connectivity index (χ4v) is 3.39. The maximum Gasteiger partial charge on any atom is 0.135 e. The van der Waals surface area contributed by atoms with Crippen LogP contribution in [0.15, 0.2) is 32.8 Å². The van der Waals surface area contributed by atoms with Crippen molar-refractivity contribution in [2.45, 2.75) is 0 Å². The highest BCUT2D eigenvalue weighted by Crippen LogP contribution is 2.23. The fourth-order valence-electron chi connectivity index (χ4n) is 0.609. The standard InChI is InChI=1S/C3H3NS.2C2H3NS2.CH2N4/c1-2-5-3-4-1;1-3-5-2-4-1;1-3-2-5-4-1;1-2-4-5-3-1/h1-3H;2*1H,2H2;1H,(H,2,3,4,5). The highest BCUT2D eigenvalue weighted by molar-refractivity contribution is 8.82. The van der Waals surface area contributed by atoms with Crippen LogP contribution in [0.1, 0.15) is 0 Å². The van der Waals surface area contributed by atoms with E-state index in [-0.39, 0.29) is 0 Å². The summed E-state index contributed by atoms with van der Waals surface area (Å²) in [5.74, 6) is 0.949. The van der Waals surface area contributed by atoms with Gasteiger partial charge in [-0.1, -0.05) is 10.8 Å². The van der Waals surface area contributed by atoms with Crippen LogP contribution in [0.3, 0.4) is 0 Å². The first-order valence-electron chi connectivity index (χ1n) is 5.01. The number of rotatable bonds is 0. The Morgan fingerprint density at radius 1 is 1.20 bits per heavy atom. The summed E-state index contributed by atoms with van der Waals surface area (Å²) in [5.41, 5.74) is 5.52. The smallest absolute Gasteiger partial charge is 0.135 e. The topological polar surface area (TPSA) is 92.1 Å². The first kappa shape index (κ1) is 17.5. The van der Waals surface area contributed by atoms with Gasteiger partial charge in [0, 0.05) is 11.6 Å². The zero-order chi connectivity index (χ0) is 14.1. The summed E-state index contributed by atoms with van der Waals surface area (Å²) in [6, 6.07) is 0. The van der Waals surface area contributed by atoms with Crippen molar-refractivity contribution in [1.29, 1.82) is 0 Å². The lowest BCUT2D eigenvalue weighted by atomic mass is 11.0. The molecule has 2 aromatic rings. The molecule has 0 aromatic carbocycles. The molecule has 0 saturated carbocycles. The van der Waals surface area contributed by atoms with Crippen molar-refractivity contribution in [2.24, 2.45) is 9.39 Å². The average molecular weight is 366 g/mol. The molecule has 2 aliphatic rings. The van der Waals surface area contributed by atoms with Crippen LogP contribution in [0, 0.1) is 0 Å². The van der Waals surface area contributed by atoms with E-state index in [1.54, 1.807) is 68.3 Å². The molecule has 2 aromatic heterocycles. The Bertz CT molecular complexity index is 343. The van der Waals surface area contributed by atoms with E-state index in [9.17, 15) is 0 Å². The van der Waals surface area contributed by atoms with Gasteiger partial charge in [0.2, 0.25) is 0 Å². The third-order valence-electron chi connectivity index (χ3n) is 1.24. The highest BCUT2D eigenvalue weighted by Gasteiger charge is 1.87. The number of aromatic amines is 1. The van der Waals surface area contributed by atoms with Gasteiger partial charge in [-0.25, -0.2) is 9.50 Å². The van der Waals surface area contributed by atoms with Crippen molar-refractivity contribution in [1.82, 2.24) is 25.6 Å². The van der Waals surface area contributed by atoms with E-state index < -0.39 is 0 Å². The predicted molar refractivity (Wildman–Crippen MR) is 93.4 cm³/mol. The van der Waals surface area contributed by atoms with Gasteiger partial charge in [-0.05, 0) is 33.2 Å². The van der Waals surface area contributed by atoms with Crippen molar-refractivity contribution < 1.29 is 0 Å². The van der Waals surface area contributed by atoms with E-state index in [0.29, 0.717) is 0 Å². The zero-order valence-corrected chi connectivity index (χ0v) is 14.2. The minimum absolute atomic E-state index is 0.949.